The summed E-state index contributed by atoms with van der Waals surface area (Å²) in [6, 6.07) is 0. The van der Waals surface area contributed by atoms with Crippen molar-refractivity contribution in [2.75, 3.05) is 19.9 Å². The maximum Gasteiger partial charge on any atom is 0.325 e. The van der Waals surface area contributed by atoms with Crippen LogP contribution in [0.4, 0.5) is 0 Å². The molecule has 1 heterocycles. The summed E-state index contributed by atoms with van der Waals surface area (Å²) in [5.74, 6) is 0.804. The lowest BCUT2D eigenvalue weighted by Gasteiger charge is -2.25. The van der Waals surface area contributed by atoms with Gasteiger partial charge in [0.2, 0.25) is 0 Å². The minimum absolute atomic E-state index is 0.202. The van der Waals surface area contributed by atoms with Gasteiger partial charge in [-0.3, -0.25) is 4.79 Å². The summed E-state index contributed by atoms with van der Waals surface area (Å²) >= 11 is 1.74. The fourth-order valence-electron chi connectivity index (χ4n) is 1.79. The Kier molecular flexibility index (Phi) is 6.37. The first-order valence-corrected chi connectivity index (χ1v) is 7.39. The number of nitrogens with one attached hydrogen (secondary N) is 1. The number of hydrogen-bond donors (Lipinski definition) is 1. The quantitative estimate of drug-likeness (QED) is 0.449. The van der Waals surface area contributed by atoms with E-state index in [0.717, 1.165) is 30.2 Å². The molecule has 108 valence electrons. The number of methoxy groups -OCH3 is 1. The van der Waals surface area contributed by atoms with Crippen molar-refractivity contribution >= 4 is 17.7 Å². The van der Waals surface area contributed by atoms with Crippen molar-refractivity contribution in [3.63, 3.8) is 0 Å². The van der Waals surface area contributed by atoms with E-state index in [2.05, 4.69) is 10.3 Å². The molecule has 1 N–H and O–H groups in total. The standard InChI is InChI=1S/C13H23N3O2S/c1-13(14-2,11(17)18-4)7-5-6-10-19-12-15-8-9-16(12)3/h8-9,14H,5-7,10H2,1-4H3. The van der Waals surface area contributed by atoms with Crippen LogP contribution in [0.3, 0.4) is 0 Å². The van der Waals surface area contributed by atoms with E-state index in [1.165, 1.54) is 7.11 Å². The summed E-state index contributed by atoms with van der Waals surface area (Å²) in [4.78, 5) is 15.9. The van der Waals surface area contributed by atoms with Gasteiger partial charge < -0.3 is 14.6 Å². The normalized spacial score (nSPS) is 14.1. The molecule has 0 radical (unpaired) electrons. The van der Waals surface area contributed by atoms with Gasteiger partial charge in [0.1, 0.15) is 5.54 Å². The topological polar surface area (TPSA) is 56.2 Å². The van der Waals surface area contributed by atoms with Gasteiger partial charge in [-0.2, -0.15) is 0 Å². The predicted molar refractivity (Wildman–Crippen MR) is 77.3 cm³/mol. The monoisotopic (exact) mass is 285 g/mol. The van der Waals surface area contributed by atoms with Crippen molar-refractivity contribution in [3.8, 4) is 0 Å². The third-order valence-electron chi connectivity index (χ3n) is 3.27. The molecule has 1 unspecified atom stereocenters. The van der Waals surface area contributed by atoms with Crippen LogP contribution in [0.15, 0.2) is 17.6 Å². The van der Waals surface area contributed by atoms with E-state index in [4.69, 9.17) is 4.74 Å². The Bertz CT molecular complexity index is 408. The molecule has 0 aliphatic heterocycles. The Hall–Kier alpha value is -1.01. The van der Waals surface area contributed by atoms with Crippen LogP contribution in [0.1, 0.15) is 26.2 Å². The number of unbranched alkanes of at least 4 members (excludes halogenated alkanes) is 1. The van der Waals surface area contributed by atoms with Crippen LogP contribution in [-0.2, 0) is 16.6 Å². The van der Waals surface area contributed by atoms with Gasteiger partial charge in [-0.1, -0.05) is 18.2 Å². The minimum atomic E-state index is -0.581. The number of aromatic nitrogens is 2. The smallest absolute Gasteiger partial charge is 0.325 e. The van der Waals surface area contributed by atoms with Crippen LogP contribution >= 0.6 is 11.8 Å². The third-order valence-corrected chi connectivity index (χ3v) is 4.41. The zero-order valence-electron chi connectivity index (χ0n) is 12.1. The largest absolute Gasteiger partial charge is 0.468 e. The van der Waals surface area contributed by atoms with Crippen molar-refractivity contribution in [2.45, 2.75) is 36.9 Å². The van der Waals surface area contributed by atoms with Crippen LogP contribution in [0.25, 0.3) is 0 Å². The van der Waals surface area contributed by atoms with Gasteiger partial charge in [0.05, 0.1) is 7.11 Å². The summed E-state index contributed by atoms with van der Waals surface area (Å²) in [5, 5.41) is 4.08. The number of carbonyl (C=O) groups excluding carboxylic acids is 1. The van der Waals surface area contributed by atoms with Crippen molar-refractivity contribution in [1.29, 1.82) is 0 Å². The highest BCUT2D eigenvalue weighted by molar-refractivity contribution is 7.99. The van der Waals surface area contributed by atoms with Gasteiger partial charge in [0, 0.05) is 25.2 Å². The molecule has 1 rings (SSSR count). The van der Waals surface area contributed by atoms with Crippen molar-refractivity contribution in [3.05, 3.63) is 12.4 Å². The van der Waals surface area contributed by atoms with Crippen LogP contribution in [0.2, 0.25) is 0 Å². The molecule has 6 heteroatoms. The molecule has 0 saturated heterocycles. The summed E-state index contributed by atoms with van der Waals surface area (Å²) in [6.07, 6.45) is 6.54. The number of likely N-dealkylation sites (N-methyl/N-ethyl adjacent to an activating group) is 1. The van der Waals surface area contributed by atoms with Gasteiger partial charge in [-0.25, -0.2) is 4.98 Å². The Morgan fingerprint density at radius 3 is 2.84 bits per heavy atom. The number of ether oxygens (including phenoxy) is 1. The first kappa shape index (κ1) is 16.0. The molecular formula is C13H23N3O2S. The van der Waals surface area contributed by atoms with E-state index in [-0.39, 0.29) is 5.97 Å². The Labute approximate surface area is 119 Å². The fraction of sp³-hybridized carbons (Fsp3) is 0.692. The summed E-state index contributed by atoms with van der Waals surface area (Å²) in [7, 11) is 5.21. The molecule has 0 bridgehead atoms. The molecule has 0 aromatic carbocycles. The second kappa shape index (κ2) is 7.55. The molecule has 0 aliphatic carbocycles. The maximum absolute atomic E-state index is 11.7. The van der Waals surface area contributed by atoms with Gasteiger partial charge in [-0.05, 0) is 26.8 Å². The summed E-state index contributed by atoms with van der Waals surface area (Å²) < 4.78 is 6.83. The number of nitrogens with zero attached hydrogens (tertiary/aromatic N) is 2. The van der Waals surface area contributed by atoms with Crippen molar-refractivity contribution < 1.29 is 9.53 Å². The zero-order valence-corrected chi connectivity index (χ0v) is 12.9. The number of rotatable bonds is 8. The minimum Gasteiger partial charge on any atom is -0.468 e. The number of hydrogen-bond acceptors (Lipinski definition) is 5. The highest BCUT2D eigenvalue weighted by atomic mass is 32.2. The van der Waals surface area contributed by atoms with Gasteiger partial charge in [-0.15, -0.1) is 0 Å². The maximum atomic E-state index is 11.7. The van der Waals surface area contributed by atoms with Crippen LogP contribution in [0.5, 0.6) is 0 Å². The average Bonchev–Trinajstić information content (AvgIpc) is 2.82. The highest BCUT2D eigenvalue weighted by Gasteiger charge is 2.31. The molecular weight excluding hydrogens is 262 g/mol. The number of aryl methyl sites for hydroxylation is 1. The molecule has 19 heavy (non-hydrogen) atoms. The predicted octanol–water partition coefficient (Wildman–Crippen LogP) is 1.83. The lowest BCUT2D eigenvalue weighted by atomic mass is 9.95. The van der Waals surface area contributed by atoms with E-state index in [9.17, 15) is 4.79 Å². The second-order valence-corrected chi connectivity index (χ2v) is 5.76. The highest BCUT2D eigenvalue weighted by Crippen LogP contribution is 2.19. The van der Waals surface area contributed by atoms with Gasteiger partial charge in [0.25, 0.3) is 0 Å². The van der Waals surface area contributed by atoms with E-state index < -0.39 is 5.54 Å². The van der Waals surface area contributed by atoms with Crippen LogP contribution < -0.4 is 5.32 Å². The Morgan fingerprint density at radius 1 is 1.58 bits per heavy atom. The van der Waals surface area contributed by atoms with Gasteiger partial charge >= 0.3 is 5.97 Å². The third kappa shape index (κ3) is 4.54. The molecule has 0 spiro atoms. The molecule has 1 aromatic rings. The van der Waals surface area contributed by atoms with Crippen molar-refractivity contribution in [2.24, 2.45) is 7.05 Å². The lowest BCUT2D eigenvalue weighted by molar-refractivity contribution is -0.148. The number of thioether (sulfide) groups is 1. The molecule has 5 nitrogen and oxygen atoms in total. The van der Waals surface area contributed by atoms with Crippen LogP contribution in [0, 0.1) is 0 Å². The van der Waals surface area contributed by atoms with E-state index in [0.29, 0.717) is 0 Å². The summed E-state index contributed by atoms with van der Waals surface area (Å²) in [6.45, 7) is 1.88. The SMILES string of the molecule is CNC(C)(CCCCSc1nccn1C)C(=O)OC. The molecule has 0 fully saturated rings. The fourth-order valence-corrected chi connectivity index (χ4v) is 2.72. The molecule has 1 atom stereocenters. The molecule has 0 aliphatic rings. The van der Waals surface area contributed by atoms with E-state index >= 15 is 0 Å². The average molecular weight is 285 g/mol. The number of imidazole rings is 1. The van der Waals surface area contributed by atoms with Crippen LogP contribution in [-0.4, -0.2) is 41.0 Å². The molecule has 0 saturated carbocycles. The molecule has 0 amide bonds. The zero-order chi connectivity index (χ0) is 14.3. The first-order chi connectivity index (χ1) is 9.03. The number of esters is 1. The Morgan fingerprint density at radius 2 is 2.32 bits per heavy atom. The van der Waals surface area contributed by atoms with E-state index in [1.807, 2.05) is 24.7 Å². The molecule has 1 aromatic heterocycles. The van der Waals surface area contributed by atoms with Crippen molar-refractivity contribution in [1.82, 2.24) is 14.9 Å². The Balaban J connectivity index is 2.26. The second-order valence-electron chi connectivity index (χ2n) is 4.70. The lowest BCUT2D eigenvalue weighted by Crippen LogP contribution is -2.48. The van der Waals surface area contributed by atoms with E-state index in [1.54, 1.807) is 25.0 Å². The first-order valence-electron chi connectivity index (χ1n) is 6.41. The summed E-state index contributed by atoms with van der Waals surface area (Å²) in [5.41, 5.74) is -0.581. The number of carbonyl (C=O) groups is 1. The van der Waals surface area contributed by atoms with Gasteiger partial charge in [0.15, 0.2) is 5.16 Å².